The van der Waals surface area contributed by atoms with E-state index in [0.29, 0.717) is 132 Å². The first kappa shape index (κ1) is 70.5. The molecule has 7 N–H and O–H groups in total. The smallest absolute Gasteiger partial charge is 0.294 e. The number of fused-ring (bicyclic) bond motifs is 2. The van der Waals surface area contributed by atoms with Gasteiger partial charge >= 0.3 is 0 Å². The molecule has 472 valence electrons. The highest BCUT2D eigenvalue weighted by Crippen LogP contribution is 2.51. The second kappa shape index (κ2) is 33.2. The molecule has 0 fully saturated rings. The van der Waals surface area contributed by atoms with Gasteiger partial charge in [0, 0.05) is 73.5 Å². The highest BCUT2D eigenvalue weighted by Gasteiger charge is 2.46. The molecule has 0 saturated heterocycles. The molecular weight excluding hydrogens is 1180 g/mol. The van der Waals surface area contributed by atoms with Gasteiger partial charge in [0.15, 0.2) is 5.71 Å². The number of hydrogen-bond donors (Lipinski definition) is 7. The van der Waals surface area contributed by atoms with Crippen LogP contribution < -0.4 is 20.3 Å². The number of rotatable bonds is 41. The van der Waals surface area contributed by atoms with Crippen LogP contribution in [0.5, 0.6) is 5.75 Å². The second-order valence-electron chi connectivity index (χ2n) is 21.2. The Balaban J connectivity index is 1.08. The number of anilines is 1. The van der Waals surface area contributed by atoms with Gasteiger partial charge in [-0.25, -0.2) is 0 Å². The fourth-order valence-electron chi connectivity index (χ4n) is 10.1. The predicted octanol–water partition coefficient (Wildman–Crippen LogP) is 5.78. The molecule has 2 atom stereocenters. The monoisotopic (exact) mass is 1270 g/mol. The average Bonchev–Trinajstić information content (AvgIpc) is 1.78. The normalized spacial score (nSPS) is 17.1. The van der Waals surface area contributed by atoms with E-state index in [4.69, 9.17) is 23.7 Å². The molecule has 0 spiro atoms. The van der Waals surface area contributed by atoms with Gasteiger partial charge in [0.2, 0.25) is 11.6 Å². The van der Waals surface area contributed by atoms with Crippen LogP contribution in [0, 0.1) is 0 Å². The number of nitrogens with zero attached hydrogens (tertiary/aromatic N) is 2. The van der Waals surface area contributed by atoms with Crippen molar-refractivity contribution in [3.8, 4) is 5.75 Å². The van der Waals surface area contributed by atoms with Gasteiger partial charge in [-0.05, 0) is 100 Å². The lowest BCUT2D eigenvalue weighted by Gasteiger charge is -2.30. The Morgan fingerprint density at radius 1 is 0.706 bits per heavy atom. The Morgan fingerprint density at radius 2 is 1.31 bits per heavy atom. The summed E-state index contributed by atoms with van der Waals surface area (Å²) < 4.78 is 165. The van der Waals surface area contributed by atoms with Crippen molar-refractivity contribution in [3.63, 3.8) is 0 Å². The van der Waals surface area contributed by atoms with E-state index < -0.39 is 68.9 Å². The molecule has 3 aromatic rings. The molecule has 0 bridgehead atoms. The molecule has 85 heavy (non-hydrogen) atoms. The number of allylic oxidation sites excluding steroid dienone is 7. The van der Waals surface area contributed by atoms with E-state index in [1.165, 1.54) is 36.4 Å². The van der Waals surface area contributed by atoms with Crippen LogP contribution in [0.3, 0.4) is 0 Å². The molecule has 0 aromatic heterocycles. The molecule has 27 heteroatoms. The van der Waals surface area contributed by atoms with Crippen LogP contribution in [0.25, 0.3) is 0 Å². The zero-order chi connectivity index (χ0) is 62.3. The molecule has 5 rings (SSSR count). The summed E-state index contributed by atoms with van der Waals surface area (Å²) in [7, 11) is -17.8. The van der Waals surface area contributed by atoms with E-state index in [1.54, 1.807) is 36.5 Å². The molecule has 3 aromatic carbocycles. The summed E-state index contributed by atoms with van der Waals surface area (Å²) in [5.41, 5.74) is 2.77. The van der Waals surface area contributed by atoms with Crippen LogP contribution in [0.2, 0.25) is 0 Å². The van der Waals surface area contributed by atoms with Crippen molar-refractivity contribution >= 4 is 63.5 Å². The van der Waals surface area contributed by atoms with E-state index in [1.807, 2.05) is 54.5 Å². The van der Waals surface area contributed by atoms with Crippen LogP contribution in [0.1, 0.15) is 82.4 Å². The van der Waals surface area contributed by atoms with Crippen molar-refractivity contribution in [1.82, 2.24) is 10.6 Å². The molecule has 0 aliphatic carbocycles. The van der Waals surface area contributed by atoms with E-state index in [0.717, 1.165) is 11.3 Å². The zero-order valence-corrected chi connectivity index (χ0v) is 51.7. The molecule has 0 radical (unpaired) electrons. The maximum absolute atomic E-state index is 12.8. The Morgan fingerprint density at radius 3 is 1.94 bits per heavy atom. The molecule has 2 aliphatic rings. The van der Waals surface area contributed by atoms with Crippen LogP contribution in [-0.4, -0.2) is 183 Å². The van der Waals surface area contributed by atoms with Gasteiger partial charge in [-0.15, -0.1) is 6.58 Å². The summed E-state index contributed by atoms with van der Waals surface area (Å²) in [6, 6.07) is 16.0. The van der Waals surface area contributed by atoms with E-state index in [-0.39, 0.29) is 61.3 Å². The molecular formula is C58H83N4O19S4+. The third-order valence-electron chi connectivity index (χ3n) is 14.3. The van der Waals surface area contributed by atoms with Gasteiger partial charge in [-0.1, -0.05) is 55.3 Å². The quantitative estimate of drug-likeness (QED) is 0.0116. The third kappa shape index (κ3) is 22.8. The topological polar surface area (TPSA) is 331 Å². The predicted molar refractivity (Wildman–Crippen MR) is 323 cm³/mol. The first-order chi connectivity index (χ1) is 40.2. The van der Waals surface area contributed by atoms with Crippen molar-refractivity contribution in [2.75, 3.05) is 109 Å². The van der Waals surface area contributed by atoms with Crippen molar-refractivity contribution < 1.29 is 90.0 Å². The Kier molecular flexibility index (Phi) is 27.5. The highest BCUT2D eigenvalue weighted by molar-refractivity contribution is 7.86. The summed E-state index contributed by atoms with van der Waals surface area (Å²) in [6.07, 6.45) is 12.9. The van der Waals surface area contributed by atoms with E-state index in [2.05, 4.69) is 17.2 Å². The maximum Gasteiger partial charge on any atom is 0.294 e. The van der Waals surface area contributed by atoms with Gasteiger partial charge in [-0.3, -0.25) is 23.0 Å². The summed E-state index contributed by atoms with van der Waals surface area (Å²) in [4.78, 5) is 14.0. The van der Waals surface area contributed by atoms with E-state index in [9.17, 15) is 61.8 Å². The van der Waals surface area contributed by atoms with Crippen molar-refractivity contribution in [3.05, 3.63) is 126 Å². The Bertz CT molecular complexity index is 3310. The largest absolute Gasteiger partial charge is 0.491 e. The number of amides is 1. The van der Waals surface area contributed by atoms with Crippen LogP contribution in [0.15, 0.2) is 119 Å². The fraction of sp³-hybridized carbons (Fsp3) is 0.517. The van der Waals surface area contributed by atoms with Crippen molar-refractivity contribution in [2.45, 2.75) is 98.9 Å². The van der Waals surface area contributed by atoms with Gasteiger partial charge in [-0.2, -0.15) is 38.2 Å². The molecule has 0 saturated carbocycles. The van der Waals surface area contributed by atoms with Crippen molar-refractivity contribution in [1.29, 1.82) is 0 Å². The zero-order valence-electron chi connectivity index (χ0n) is 48.5. The van der Waals surface area contributed by atoms with Crippen LogP contribution in [-0.2, 0) is 81.5 Å². The molecule has 23 nitrogen and oxygen atoms in total. The lowest BCUT2D eigenvalue weighted by atomic mass is 9.77. The van der Waals surface area contributed by atoms with Crippen molar-refractivity contribution in [2.24, 2.45) is 0 Å². The van der Waals surface area contributed by atoms with Gasteiger partial charge in [0.1, 0.15) is 25.0 Å². The van der Waals surface area contributed by atoms with Gasteiger partial charge < -0.3 is 44.3 Å². The molecule has 2 heterocycles. The maximum atomic E-state index is 12.8. The SMILES string of the molecule is C=CCc1ccccc1OCC(O)CNCCOCCOCCOCCOCCNC(=O)CCCCCC1(C)\C(=C/C=C/C=C/C2=[N+](CCCS(=O)(=O)O)c3ccc(S(=O)(=O)O)cc3C2(C)C)N(CCCS(=O)(=O)O)c2ccc(S(=O)(=O)O)cc21. The number of nitrogens with one attached hydrogen (secondary N) is 2. The van der Waals surface area contributed by atoms with E-state index >= 15 is 0 Å². The minimum Gasteiger partial charge on any atom is -0.491 e. The number of ether oxygens (including phenoxy) is 5. The lowest BCUT2D eigenvalue weighted by molar-refractivity contribution is -0.437. The summed E-state index contributed by atoms with van der Waals surface area (Å²) >= 11 is 0. The Labute approximate surface area is 500 Å². The number of carbonyl (C=O) groups is 1. The summed E-state index contributed by atoms with van der Waals surface area (Å²) in [6.45, 7) is 13.9. The molecule has 2 aliphatic heterocycles. The fourth-order valence-corrected chi connectivity index (χ4v) is 12.1. The highest BCUT2D eigenvalue weighted by atomic mass is 32.2. The second-order valence-corrected chi connectivity index (χ2v) is 27.1. The van der Waals surface area contributed by atoms with Gasteiger partial charge in [0.25, 0.3) is 40.5 Å². The Hall–Kier alpha value is -5.24. The first-order valence-corrected chi connectivity index (χ1v) is 34.2. The summed E-state index contributed by atoms with van der Waals surface area (Å²) in [5, 5.41) is 16.2. The standard InChI is InChI=1S/C58H82N4O19S4/c1-5-16-45-17-11-12-18-53(45)81-44-46(63)43-59-27-31-77-33-35-79-37-38-80-36-34-78-32-28-60-56(64)21-10-7-13-26-58(4)50-42-48(85(74,75)76)23-25-52(50)62(30-15-40-83(68,69)70)55(58)20-9-6-8-19-54-57(2,3)49-41-47(84(71,72)73)22-24-51(49)61(54)29-14-39-82(65,66)67/h5-6,8-9,11-12,17-20,22-25,41-42,46,59,63H,1,7,10,13-16,21,26-40,43-44H2,2-4H3,(H4-,60,64,65,66,67,68,69,70,71,72,73,74,75,76)/p+1. The lowest BCUT2D eigenvalue weighted by Crippen LogP contribution is -2.33. The summed E-state index contributed by atoms with van der Waals surface area (Å²) in [5.74, 6) is -0.503. The number of para-hydroxylation sites is 1. The molecule has 1 amide bonds. The number of unbranched alkanes of at least 4 members (excludes halogenated alkanes) is 2. The minimum absolute atomic E-state index is 0.00205. The van der Waals surface area contributed by atoms with Crippen LogP contribution >= 0.6 is 0 Å². The molecule has 2 unspecified atom stereocenters. The minimum atomic E-state index is -4.65. The first-order valence-electron chi connectivity index (χ1n) is 28.1. The number of hydrogen-bond acceptors (Lipinski definition) is 17. The average molecular weight is 1270 g/mol. The number of benzene rings is 3. The number of carbonyl (C=O) groups excluding carboxylic acids is 1. The number of aliphatic hydroxyl groups excluding tert-OH is 1. The van der Waals surface area contributed by atoms with Crippen LogP contribution in [0.4, 0.5) is 11.4 Å². The van der Waals surface area contributed by atoms with Gasteiger partial charge in [0.05, 0.1) is 79.6 Å². The number of aliphatic hydroxyl groups is 1. The third-order valence-corrected chi connectivity index (χ3v) is 17.6.